The summed E-state index contributed by atoms with van der Waals surface area (Å²) in [7, 11) is 3.15. The zero-order valence-electron chi connectivity index (χ0n) is 13.0. The number of carbonyl (C=O) groups is 1. The summed E-state index contributed by atoms with van der Waals surface area (Å²) < 4.78 is 9.91. The Bertz CT molecular complexity index is 517. The molecule has 114 valence electrons. The second-order valence-electron chi connectivity index (χ2n) is 5.45. The fourth-order valence-corrected chi connectivity index (χ4v) is 2.80. The van der Waals surface area contributed by atoms with Crippen molar-refractivity contribution in [3.8, 4) is 5.75 Å². The van der Waals surface area contributed by atoms with E-state index >= 15 is 0 Å². The summed E-state index contributed by atoms with van der Waals surface area (Å²) in [4.78, 5) is 11.0. The lowest BCUT2D eigenvalue weighted by Gasteiger charge is -2.08. The average Bonchev–Trinajstić information content (AvgIpc) is 2.92. The Morgan fingerprint density at radius 2 is 1.95 bits per heavy atom. The van der Waals surface area contributed by atoms with Crippen LogP contribution in [0.5, 0.6) is 5.75 Å². The minimum atomic E-state index is -0.101. The van der Waals surface area contributed by atoms with Gasteiger partial charge in [-0.1, -0.05) is 25.0 Å². The van der Waals surface area contributed by atoms with Gasteiger partial charge in [0.1, 0.15) is 5.75 Å². The maximum absolute atomic E-state index is 11.0. The molecule has 0 spiro atoms. The SMILES string of the molecule is COC(=O)CCCCCCC1=CCc2cc(OC)ccc21. The zero-order chi connectivity index (χ0) is 15.1. The zero-order valence-corrected chi connectivity index (χ0v) is 13.0. The molecule has 0 atom stereocenters. The van der Waals surface area contributed by atoms with E-state index in [4.69, 9.17) is 4.74 Å². The molecule has 1 aromatic carbocycles. The van der Waals surface area contributed by atoms with Crippen LogP contribution in [0.25, 0.3) is 5.57 Å². The van der Waals surface area contributed by atoms with Gasteiger partial charge in [-0.05, 0) is 54.5 Å². The number of ether oxygens (including phenoxy) is 2. The smallest absolute Gasteiger partial charge is 0.305 e. The average molecular weight is 288 g/mol. The number of hydrogen-bond acceptors (Lipinski definition) is 3. The van der Waals surface area contributed by atoms with Crippen LogP contribution in [0.1, 0.15) is 49.7 Å². The third-order valence-electron chi connectivity index (χ3n) is 4.03. The van der Waals surface area contributed by atoms with Crippen molar-refractivity contribution in [2.24, 2.45) is 0 Å². The predicted octanol–water partition coefficient (Wildman–Crippen LogP) is 4.15. The van der Waals surface area contributed by atoms with E-state index in [1.54, 1.807) is 7.11 Å². The molecule has 0 N–H and O–H groups in total. The lowest BCUT2D eigenvalue weighted by atomic mass is 10.00. The molecule has 2 rings (SSSR count). The van der Waals surface area contributed by atoms with Crippen molar-refractivity contribution in [1.82, 2.24) is 0 Å². The van der Waals surface area contributed by atoms with Gasteiger partial charge in [0.25, 0.3) is 0 Å². The van der Waals surface area contributed by atoms with E-state index in [1.807, 2.05) is 6.07 Å². The van der Waals surface area contributed by atoms with Crippen LogP contribution >= 0.6 is 0 Å². The molecule has 0 unspecified atom stereocenters. The fraction of sp³-hybridized carbons (Fsp3) is 0.500. The molecule has 0 bridgehead atoms. The van der Waals surface area contributed by atoms with Crippen LogP contribution in [0.4, 0.5) is 0 Å². The summed E-state index contributed by atoms with van der Waals surface area (Å²) >= 11 is 0. The molecule has 1 aliphatic rings. The Morgan fingerprint density at radius 3 is 2.71 bits per heavy atom. The second-order valence-corrected chi connectivity index (χ2v) is 5.45. The molecule has 0 amide bonds. The lowest BCUT2D eigenvalue weighted by Crippen LogP contribution is -1.99. The Labute approximate surface area is 127 Å². The Balaban J connectivity index is 1.71. The molecule has 0 radical (unpaired) electrons. The minimum absolute atomic E-state index is 0.101. The van der Waals surface area contributed by atoms with Crippen LogP contribution in [0, 0.1) is 0 Å². The summed E-state index contributed by atoms with van der Waals surface area (Å²) in [5, 5.41) is 0. The van der Waals surface area contributed by atoms with E-state index in [0.717, 1.165) is 31.4 Å². The van der Waals surface area contributed by atoms with Gasteiger partial charge in [-0.2, -0.15) is 0 Å². The third-order valence-corrected chi connectivity index (χ3v) is 4.03. The van der Waals surface area contributed by atoms with E-state index < -0.39 is 0 Å². The molecular weight excluding hydrogens is 264 g/mol. The van der Waals surface area contributed by atoms with E-state index in [0.29, 0.717) is 6.42 Å². The molecule has 0 aliphatic heterocycles. The summed E-state index contributed by atoms with van der Waals surface area (Å²) in [5.74, 6) is 0.836. The number of unbranched alkanes of at least 4 members (excludes halogenated alkanes) is 3. The number of hydrogen-bond donors (Lipinski definition) is 0. The first-order valence-electron chi connectivity index (χ1n) is 7.67. The number of allylic oxidation sites excluding steroid dienone is 2. The van der Waals surface area contributed by atoms with E-state index in [9.17, 15) is 4.79 Å². The first-order chi connectivity index (χ1) is 10.2. The summed E-state index contributed by atoms with van der Waals surface area (Å²) in [5.41, 5.74) is 4.21. The van der Waals surface area contributed by atoms with Crippen molar-refractivity contribution in [3.63, 3.8) is 0 Å². The Kier molecular flexibility index (Phi) is 5.85. The molecule has 0 fully saturated rings. The monoisotopic (exact) mass is 288 g/mol. The molecule has 21 heavy (non-hydrogen) atoms. The van der Waals surface area contributed by atoms with E-state index in [1.165, 1.54) is 36.7 Å². The fourth-order valence-electron chi connectivity index (χ4n) is 2.80. The van der Waals surface area contributed by atoms with Crippen molar-refractivity contribution in [3.05, 3.63) is 35.4 Å². The third kappa shape index (κ3) is 4.35. The molecule has 0 saturated carbocycles. The molecule has 3 nitrogen and oxygen atoms in total. The van der Waals surface area contributed by atoms with Crippen LogP contribution < -0.4 is 4.74 Å². The molecule has 3 heteroatoms. The molecule has 1 aliphatic carbocycles. The van der Waals surface area contributed by atoms with Gasteiger partial charge < -0.3 is 9.47 Å². The molecule has 1 aromatic rings. The van der Waals surface area contributed by atoms with Crippen molar-refractivity contribution < 1.29 is 14.3 Å². The predicted molar refractivity (Wildman–Crippen MR) is 84.4 cm³/mol. The lowest BCUT2D eigenvalue weighted by molar-refractivity contribution is -0.140. The highest BCUT2D eigenvalue weighted by molar-refractivity contribution is 5.73. The van der Waals surface area contributed by atoms with Crippen LogP contribution in [-0.2, 0) is 16.0 Å². The van der Waals surface area contributed by atoms with Gasteiger partial charge in [-0.25, -0.2) is 0 Å². The minimum Gasteiger partial charge on any atom is -0.497 e. The van der Waals surface area contributed by atoms with Crippen LogP contribution in [0.2, 0.25) is 0 Å². The first-order valence-corrected chi connectivity index (χ1v) is 7.67. The quantitative estimate of drug-likeness (QED) is 0.532. The van der Waals surface area contributed by atoms with Gasteiger partial charge in [-0.3, -0.25) is 4.79 Å². The highest BCUT2D eigenvalue weighted by Gasteiger charge is 2.14. The van der Waals surface area contributed by atoms with Crippen LogP contribution in [0.3, 0.4) is 0 Å². The maximum atomic E-state index is 11.0. The Hall–Kier alpha value is -1.77. The number of methoxy groups -OCH3 is 2. The van der Waals surface area contributed by atoms with Gasteiger partial charge in [0.05, 0.1) is 14.2 Å². The van der Waals surface area contributed by atoms with Gasteiger partial charge in [0.15, 0.2) is 0 Å². The molecule has 0 heterocycles. The van der Waals surface area contributed by atoms with Crippen LogP contribution in [-0.4, -0.2) is 20.2 Å². The highest BCUT2D eigenvalue weighted by atomic mass is 16.5. The van der Waals surface area contributed by atoms with Crippen molar-refractivity contribution in [1.29, 1.82) is 0 Å². The van der Waals surface area contributed by atoms with Crippen molar-refractivity contribution in [2.75, 3.05) is 14.2 Å². The molecule has 0 saturated heterocycles. The molecule has 0 aromatic heterocycles. The largest absolute Gasteiger partial charge is 0.497 e. The van der Waals surface area contributed by atoms with Crippen LogP contribution in [0.15, 0.2) is 24.3 Å². The number of fused-ring (bicyclic) bond motifs is 1. The second kappa shape index (κ2) is 7.87. The summed E-state index contributed by atoms with van der Waals surface area (Å²) in [6.07, 6.45) is 9.39. The van der Waals surface area contributed by atoms with E-state index in [2.05, 4.69) is 22.9 Å². The molecular formula is C18H24O3. The highest BCUT2D eigenvalue weighted by Crippen LogP contribution is 2.33. The van der Waals surface area contributed by atoms with Crippen molar-refractivity contribution >= 4 is 11.5 Å². The topological polar surface area (TPSA) is 35.5 Å². The maximum Gasteiger partial charge on any atom is 0.305 e. The van der Waals surface area contributed by atoms with E-state index in [-0.39, 0.29) is 5.97 Å². The number of esters is 1. The van der Waals surface area contributed by atoms with Gasteiger partial charge in [-0.15, -0.1) is 0 Å². The number of benzene rings is 1. The summed E-state index contributed by atoms with van der Waals surface area (Å²) in [6.45, 7) is 0. The van der Waals surface area contributed by atoms with Gasteiger partial charge >= 0.3 is 5.97 Å². The number of carbonyl (C=O) groups excluding carboxylic acids is 1. The van der Waals surface area contributed by atoms with Crippen molar-refractivity contribution in [2.45, 2.75) is 44.9 Å². The summed E-state index contributed by atoms with van der Waals surface area (Å²) in [6, 6.07) is 6.34. The normalized spacial score (nSPS) is 12.8. The van der Waals surface area contributed by atoms with Gasteiger partial charge in [0.2, 0.25) is 0 Å². The Morgan fingerprint density at radius 1 is 1.14 bits per heavy atom. The number of rotatable bonds is 8. The standard InChI is InChI=1S/C18H24O3/c1-20-16-11-12-17-14(9-10-15(17)13-16)7-5-3-4-6-8-18(19)21-2/h9,11-13H,3-8,10H2,1-2H3. The first kappa shape index (κ1) is 15.6. The van der Waals surface area contributed by atoms with Gasteiger partial charge in [0, 0.05) is 6.42 Å².